The van der Waals surface area contributed by atoms with Crippen molar-refractivity contribution >= 4 is 29.2 Å². The monoisotopic (exact) mass is 490 g/mol. The first-order valence-electron chi connectivity index (χ1n) is 12.0. The van der Waals surface area contributed by atoms with Crippen molar-refractivity contribution in [2.45, 2.75) is 45.9 Å². The van der Waals surface area contributed by atoms with Gasteiger partial charge in [0.1, 0.15) is 16.9 Å². The standard InChI is InChI=1S/C26H30N6O4/c1-16-8-9-17(13-19(16)28-23(33)20-14-27-21-7-5-6-11-32(20)21)22-29-24(36-30-22)18-10-12-31(15-18)25(34)35-26(2,3)4/h5-9,11,13-14,18,22,30H,10,12,15H2,1-4H3,(H,28,33). The molecule has 0 saturated carbocycles. The number of aliphatic imine (C=N–C) groups is 1. The molecular weight excluding hydrogens is 460 g/mol. The highest BCUT2D eigenvalue weighted by molar-refractivity contribution is 6.04. The minimum Gasteiger partial charge on any atom is -0.444 e. The number of carbonyl (C=O) groups excluding carboxylic acids is 2. The van der Waals surface area contributed by atoms with E-state index in [1.54, 1.807) is 15.5 Å². The first-order valence-corrected chi connectivity index (χ1v) is 12.0. The summed E-state index contributed by atoms with van der Waals surface area (Å²) >= 11 is 0. The number of aryl methyl sites for hydroxylation is 1. The van der Waals surface area contributed by atoms with Crippen LogP contribution in [0.15, 0.2) is 53.8 Å². The number of ether oxygens (including phenoxy) is 1. The average Bonchev–Trinajstić information content (AvgIpc) is 3.58. The summed E-state index contributed by atoms with van der Waals surface area (Å²) in [5, 5.41) is 3.00. The molecule has 10 heteroatoms. The number of hydroxylamine groups is 1. The van der Waals surface area contributed by atoms with E-state index in [-0.39, 0.29) is 17.9 Å². The van der Waals surface area contributed by atoms with E-state index in [0.29, 0.717) is 36.0 Å². The minimum absolute atomic E-state index is 0.00483. The number of hydrogen-bond acceptors (Lipinski definition) is 7. The molecule has 2 unspecified atom stereocenters. The highest BCUT2D eigenvalue weighted by Gasteiger charge is 2.36. The Morgan fingerprint density at radius 1 is 1.22 bits per heavy atom. The average molecular weight is 491 g/mol. The first-order chi connectivity index (χ1) is 17.2. The van der Waals surface area contributed by atoms with Crippen molar-refractivity contribution in [3.05, 3.63) is 65.6 Å². The van der Waals surface area contributed by atoms with Crippen molar-refractivity contribution in [3.63, 3.8) is 0 Å². The maximum atomic E-state index is 13.0. The summed E-state index contributed by atoms with van der Waals surface area (Å²) < 4.78 is 7.23. The van der Waals surface area contributed by atoms with Gasteiger partial charge in [-0.25, -0.2) is 14.8 Å². The molecule has 36 heavy (non-hydrogen) atoms. The van der Waals surface area contributed by atoms with Crippen LogP contribution in [0.3, 0.4) is 0 Å². The zero-order chi connectivity index (χ0) is 25.4. The Morgan fingerprint density at radius 3 is 2.86 bits per heavy atom. The third kappa shape index (κ3) is 4.90. The van der Waals surface area contributed by atoms with E-state index in [9.17, 15) is 9.59 Å². The van der Waals surface area contributed by atoms with Gasteiger partial charge in [-0.3, -0.25) is 9.20 Å². The van der Waals surface area contributed by atoms with Crippen molar-refractivity contribution in [1.82, 2.24) is 19.8 Å². The van der Waals surface area contributed by atoms with Crippen molar-refractivity contribution in [2.24, 2.45) is 10.9 Å². The summed E-state index contributed by atoms with van der Waals surface area (Å²) in [4.78, 5) is 41.8. The van der Waals surface area contributed by atoms with E-state index < -0.39 is 11.8 Å². The Labute approximate surface area is 209 Å². The van der Waals surface area contributed by atoms with Crippen molar-refractivity contribution in [1.29, 1.82) is 0 Å². The number of benzene rings is 1. The summed E-state index contributed by atoms with van der Waals surface area (Å²) in [5.41, 5.74) is 6.06. The maximum Gasteiger partial charge on any atom is 0.410 e. The molecule has 188 valence electrons. The van der Waals surface area contributed by atoms with E-state index in [1.807, 2.05) is 70.3 Å². The number of carbonyl (C=O) groups is 2. The molecule has 2 atom stereocenters. The number of fused-ring (bicyclic) bond motifs is 1. The molecule has 2 aliphatic heterocycles. The number of hydrogen-bond donors (Lipinski definition) is 2. The van der Waals surface area contributed by atoms with E-state index >= 15 is 0 Å². The quantitative estimate of drug-likeness (QED) is 0.570. The largest absolute Gasteiger partial charge is 0.444 e. The van der Waals surface area contributed by atoms with Gasteiger partial charge >= 0.3 is 6.09 Å². The summed E-state index contributed by atoms with van der Waals surface area (Å²) in [7, 11) is 0. The lowest BCUT2D eigenvalue weighted by molar-refractivity contribution is 0.0290. The molecule has 5 rings (SSSR count). The highest BCUT2D eigenvalue weighted by Crippen LogP contribution is 2.29. The van der Waals surface area contributed by atoms with E-state index in [2.05, 4.69) is 15.8 Å². The number of likely N-dealkylation sites (tertiary alicyclic amines) is 1. The lowest BCUT2D eigenvalue weighted by Crippen LogP contribution is -2.36. The Morgan fingerprint density at radius 2 is 2.06 bits per heavy atom. The predicted molar refractivity (Wildman–Crippen MR) is 135 cm³/mol. The van der Waals surface area contributed by atoms with Crippen LogP contribution in [0.4, 0.5) is 10.5 Å². The molecule has 2 aliphatic rings. The Balaban J connectivity index is 1.27. The summed E-state index contributed by atoms with van der Waals surface area (Å²) in [5.74, 6) is 0.319. The van der Waals surface area contributed by atoms with Gasteiger partial charge in [-0.2, -0.15) is 0 Å². The lowest BCUT2D eigenvalue weighted by atomic mass is 10.1. The normalized spacial score (nSPS) is 19.8. The van der Waals surface area contributed by atoms with Gasteiger partial charge in [0, 0.05) is 25.0 Å². The van der Waals surface area contributed by atoms with Crippen LogP contribution in [-0.4, -0.2) is 50.9 Å². The smallest absolute Gasteiger partial charge is 0.410 e. The summed E-state index contributed by atoms with van der Waals surface area (Å²) in [6.07, 6.45) is 3.39. The molecular formula is C26H30N6O4. The number of imidazole rings is 1. The van der Waals surface area contributed by atoms with Crippen molar-refractivity contribution < 1.29 is 19.2 Å². The van der Waals surface area contributed by atoms with Gasteiger partial charge in [0.25, 0.3) is 5.91 Å². The lowest BCUT2D eigenvalue weighted by Gasteiger charge is -2.24. The molecule has 2 aromatic heterocycles. The first kappa shape index (κ1) is 23.8. The molecule has 0 spiro atoms. The van der Waals surface area contributed by atoms with Crippen LogP contribution in [-0.2, 0) is 9.57 Å². The molecule has 2 amide bonds. The number of nitrogens with one attached hydrogen (secondary N) is 2. The maximum absolute atomic E-state index is 13.0. The summed E-state index contributed by atoms with van der Waals surface area (Å²) in [6.45, 7) is 8.59. The fraction of sp³-hybridized carbons (Fsp3) is 0.385. The van der Waals surface area contributed by atoms with Gasteiger partial charge in [-0.1, -0.05) is 18.2 Å². The fourth-order valence-corrected chi connectivity index (χ4v) is 4.31. The van der Waals surface area contributed by atoms with E-state index in [1.165, 1.54) is 0 Å². The molecule has 0 bridgehead atoms. The van der Waals surface area contributed by atoms with Crippen LogP contribution >= 0.6 is 0 Å². The molecule has 1 saturated heterocycles. The Hall–Kier alpha value is -3.92. The van der Waals surface area contributed by atoms with Crippen molar-refractivity contribution in [2.75, 3.05) is 18.4 Å². The fourth-order valence-electron chi connectivity index (χ4n) is 4.31. The second-order valence-electron chi connectivity index (χ2n) is 10.1. The number of aromatic nitrogens is 2. The van der Waals surface area contributed by atoms with Crippen LogP contribution < -0.4 is 10.8 Å². The van der Waals surface area contributed by atoms with Crippen LogP contribution in [0.25, 0.3) is 5.65 Å². The molecule has 10 nitrogen and oxygen atoms in total. The number of pyridine rings is 1. The van der Waals surface area contributed by atoms with E-state index in [0.717, 1.165) is 17.5 Å². The van der Waals surface area contributed by atoms with Gasteiger partial charge in [-0.05, 0) is 63.4 Å². The number of rotatable bonds is 4. The number of anilines is 1. The zero-order valence-electron chi connectivity index (χ0n) is 20.8. The molecule has 4 heterocycles. The third-order valence-corrected chi connectivity index (χ3v) is 6.20. The number of amides is 2. The molecule has 1 fully saturated rings. The molecule has 3 aromatic rings. The van der Waals surface area contributed by atoms with Crippen LogP contribution in [0.2, 0.25) is 0 Å². The van der Waals surface area contributed by atoms with Gasteiger partial charge in [0.15, 0.2) is 6.17 Å². The SMILES string of the molecule is Cc1ccc(C2N=C(C3CCN(C(=O)OC(C)(C)C)C3)ON2)cc1NC(=O)c1cnc2ccccn12. The predicted octanol–water partition coefficient (Wildman–Crippen LogP) is 4.08. The molecule has 2 N–H and O–H groups in total. The van der Waals surface area contributed by atoms with Crippen molar-refractivity contribution in [3.8, 4) is 0 Å². The molecule has 0 aliphatic carbocycles. The summed E-state index contributed by atoms with van der Waals surface area (Å²) in [6, 6.07) is 11.4. The van der Waals surface area contributed by atoms with E-state index in [4.69, 9.17) is 14.6 Å². The Kier molecular flexibility index (Phi) is 6.13. The van der Waals surface area contributed by atoms with Gasteiger partial charge in [-0.15, -0.1) is 5.48 Å². The highest BCUT2D eigenvalue weighted by atomic mass is 16.7. The molecule has 0 radical (unpaired) electrons. The number of nitrogens with zero attached hydrogens (tertiary/aromatic N) is 4. The van der Waals surface area contributed by atoms with Gasteiger partial charge in [0.2, 0.25) is 5.90 Å². The third-order valence-electron chi connectivity index (χ3n) is 6.20. The van der Waals surface area contributed by atoms with Gasteiger partial charge < -0.3 is 19.8 Å². The topological polar surface area (TPSA) is 110 Å². The van der Waals surface area contributed by atoms with Crippen LogP contribution in [0.1, 0.15) is 55.0 Å². The zero-order valence-corrected chi connectivity index (χ0v) is 20.8. The van der Waals surface area contributed by atoms with Gasteiger partial charge in [0.05, 0.1) is 12.1 Å². The van der Waals surface area contributed by atoms with Crippen LogP contribution in [0, 0.1) is 12.8 Å². The molecule has 1 aromatic carbocycles. The minimum atomic E-state index is -0.535. The second kappa shape index (κ2) is 9.27. The second-order valence-corrected chi connectivity index (χ2v) is 10.1. The van der Waals surface area contributed by atoms with Crippen LogP contribution in [0.5, 0.6) is 0 Å². The Bertz CT molecular complexity index is 1340.